The summed E-state index contributed by atoms with van der Waals surface area (Å²) >= 11 is 0. The summed E-state index contributed by atoms with van der Waals surface area (Å²) in [7, 11) is 2.75. The molecule has 2 aromatic carbocycles. The fourth-order valence-corrected chi connectivity index (χ4v) is 5.41. The highest BCUT2D eigenvalue weighted by molar-refractivity contribution is 6.02. The number of aromatic amines is 1. The Morgan fingerprint density at radius 3 is 1.81 bits per heavy atom. The highest BCUT2D eigenvalue weighted by Crippen LogP contribution is 2.26. The second-order valence-corrected chi connectivity index (χ2v) is 12.2. The average molecular weight is 782 g/mol. The van der Waals surface area contributed by atoms with E-state index in [-0.39, 0.29) is 36.0 Å². The van der Waals surface area contributed by atoms with E-state index >= 15 is 0 Å². The van der Waals surface area contributed by atoms with Crippen LogP contribution in [0.5, 0.6) is 11.5 Å². The molecule has 19 nitrogen and oxygen atoms in total. The molecule has 5 aromatic rings. The van der Waals surface area contributed by atoms with Gasteiger partial charge in [0.1, 0.15) is 40.5 Å². The SMILES string of the molecule is COc1cc(CNC(=O)c2cc(C3=NOC(C#N)C3)nc(C)n2)ccc1F.COc1cc(CNC(=O)c2cc(C3=NOC(c4nn[nH]n4)C3)nc(C)n2)ccc1F. The van der Waals surface area contributed by atoms with E-state index in [1.54, 1.807) is 26.0 Å². The second kappa shape index (κ2) is 17.8. The van der Waals surface area contributed by atoms with Crippen LogP contribution in [0.3, 0.4) is 0 Å². The third-order valence-electron chi connectivity index (χ3n) is 8.20. The van der Waals surface area contributed by atoms with Crippen LogP contribution in [0.1, 0.15) is 79.9 Å². The van der Waals surface area contributed by atoms with Crippen molar-refractivity contribution >= 4 is 23.2 Å². The summed E-state index contributed by atoms with van der Waals surface area (Å²) in [5, 5.41) is 35.9. The van der Waals surface area contributed by atoms with Gasteiger partial charge in [0.05, 0.1) is 25.6 Å². The first kappa shape index (κ1) is 39.2. The van der Waals surface area contributed by atoms with Crippen LogP contribution in [0.15, 0.2) is 58.8 Å². The van der Waals surface area contributed by atoms with Crippen LogP contribution >= 0.6 is 0 Å². The van der Waals surface area contributed by atoms with Gasteiger partial charge in [0, 0.05) is 25.9 Å². The van der Waals surface area contributed by atoms with Gasteiger partial charge >= 0.3 is 0 Å². The topological polar surface area (TPSA) is 250 Å². The fourth-order valence-electron chi connectivity index (χ4n) is 5.41. The van der Waals surface area contributed by atoms with Gasteiger partial charge in [0.25, 0.3) is 11.8 Å². The van der Waals surface area contributed by atoms with Crippen molar-refractivity contribution in [1.29, 1.82) is 5.26 Å². The minimum Gasteiger partial charge on any atom is -0.494 e. The molecule has 0 radical (unpaired) electrons. The second-order valence-electron chi connectivity index (χ2n) is 12.2. The van der Waals surface area contributed by atoms with E-state index in [0.717, 1.165) is 0 Å². The highest BCUT2D eigenvalue weighted by atomic mass is 19.1. The quantitative estimate of drug-likeness (QED) is 0.174. The van der Waals surface area contributed by atoms with Gasteiger partial charge < -0.3 is 29.8 Å². The van der Waals surface area contributed by atoms with Gasteiger partial charge in [-0.3, -0.25) is 9.59 Å². The normalized spacial score (nSPS) is 15.5. The van der Waals surface area contributed by atoms with Crippen LogP contribution in [0.25, 0.3) is 0 Å². The molecule has 0 fully saturated rings. The molecule has 2 amide bonds. The van der Waals surface area contributed by atoms with Crippen molar-refractivity contribution in [2.75, 3.05) is 14.2 Å². The number of H-pyrrole nitrogens is 1. The monoisotopic (exact) mass is 781 g/mol. The Labute approximate surface area is 322 Å². The summed E-state index contributed by atoms with van der Waals surface area (Å²) in [4.78, 5) is 52.3. The summed E-state index contributed by atoms with van der Waals surface area (Å²) in [6.45, 7) is 3.69. The number of hydrogen-bond donors (Lipinski definition) is 3. The Morgan fingerprint density at radius 2 is 1.33 bits per heavy atom. The number of methoxy groups -OCH3 is 2. The van der Waals surface area contributed by atoms with E-state index in [9.17, 15) is 18.4 Å². The number of tetrazole rings is 1. The number of hydrogen-bond acceptors (Lipinski definition) is 16. The Bertz CT molecular complexity index is 2390. The van der Waals surface area contributed by atoms with Gasteiger partial charge in [0.15, 0.2) is 29.2 Å². The average Bonchev–Trinajstić information content (AvgIpc) is 4.03. The van der Waals surface area contributed by atoms with Crippen LogP contribution in [-0.4, -0.2) is 84.1 Å². The van der Waals surface area contributed by atoms with Crippen LogP contribution in [0.2, 0.25) is 0 Å². The zero-order valence-corrected chi connectivity index (χ0v) is 30.8. The lowest BCUT2D eigenvalue weighted by Gasteiger charge is -2.09. The molecule has 0 bridgehead atoms. The maximum atomic E-state index is 13.5. The molecule has 7 rings (SSSR count). The van der Waals surface area contributed by atoms with Crippen molar-refractivity contribution in [3.05, 3.63) is 112 Å². The molecule has 292 valence electrons. The molecule has 3 aromatic heterocycles. The third-order valence-corrected chi connectivity index (χ3v) is 8.20. The van der Waals surface area contributed by atoms with Crippen molar-refractivity contribution in [3.8, 4) is 17.6 Å². The minimum absolute atomic E-state index is 0.105. The van der Waals surface area contributed by atoms with Crippen molar-refractivity contribution in [2.45, 2.75) is 52.0 Å². The minimum atomic E-state index is -0.652. The van der Waals surface area contributed by atoms with Crippen molar-refractivity contribution in [3.63, 3.8) is 0 Å². The zero-order chi connectivity index (χ0) is 40.5. The predicted octanol–water partition coefficient (Wildman–Crippen LogP) is 3.12. The summed E-state index contributed by atoms with van der Waals surface area (Å²) < 4.78 is 36.9. The first-order valence-corrected chi connectivity index (χ1v) is 17.0. The van der Waals surface area contributed by atoms with Gasteiger partial charge in [0.2, 0.25) is 11.9 Å². The van der Waals surface area contributed by atoms with Crippen LogP contribution < -0.4 is 20.1 Å². The number of carbonyl (C=O) groups is 2. The lowest BCUT2D eigenvalue weighted by molar-refractivity contribution is 0.0791. The van der Waals surface area contributed by atoms with Crippen LogP contribution in [0.4, 0.5) is 8.78 Å². The lowest BCUT2D eigenvalue weighted by Crippen LogP contribution is -2.25. The molecule has 5 heterocycles. The summed E-state index contributed by atoms with van der Waals surface area (Å²) in [5.74, 6) is -0.365. The number of oxime groups is 2. The number of carbonyl (C=O) groups excluding carboxylic acids is 2. The largest absolute Gasteiger partial charge is 0.494 e. The standard InChI is InChI=1S/C18H17FN8O3.C18H16FN5O3/c1-9-21-12(13-7-16(30-25-13)17-23-26-27-24-17)6-14(22-9)18(28)20-8-10-3-4-11(19)15(5-10)29-2;1-10-22-14(15-6-12(8-20)27-24-15)7-16(23-10)18(25)21-9-11-3-4-13(19)17(5-11)26-2/h3-6,16H,7-8H2,1-2H3,(H,20,28)(H,23,24,26,27);3-5,7,12H,6,9H2,1-2H3,(H,21,25). The van der Waals surface area contributed by atoms with E-state index in [1.807, 2.05) is 6.07 Å². The van der Waals surface area contributed by atoms with Gasteiger partial charge in [-0.05, 0) is 61.4 Å². The molecule has 0 spiro atoms. The van der Waals surface area contributed by atoms with Gasteiger partial charge in [-0.25, -0.2) is 28.7 Å². The maximum Gasteiger partial charge on any atom is 0.270 e. The summed E-state index contributed by atoms with van der Waals surface area (Å²) in [6.07, 6.45) is -0.448. The van der Waals surface area contributed by atoms with Crippen LogP contribution in [0, 0.1) is 36.8 Å². The molecule has 57 heavy (non-hydrogen) atoms. The molecular weight excluding hydrogens is 748 g/mol. The lowest BCUT2D eigenvalue weighted by atomic mass is 10.1. The van der Waals surface area contributed by atoms with Gasteiger partial charge in [-0.2, -0.15) is 10.5 Å². The number of ether oxygens (including phenoxy) is 2. The molecule has 2 aliphatic rings. The Morgan fingerprint density at radius 1 is 0.807 bits per heavy atom. The molecule has 0 saturated heterocycles. The van der Waals surface area contributed by atoms with Crippen molar-refractivity contribution < 1.29 is 37.5 Å². The highest BCUT2D eigenvalue weighted by Gasteiger charge is 2.29. The molecule has 2 unspecified atom stereocenters. The number of amides is 2. The summed E-state index contributed by atoms with van der Waals surface area (Å²) in [6, 6.07) is 13.7. The maximum absolute atomic E-state index is 13.5. The molecule has 0 saturated carbocycles. The molecule has 3 N–H and O–H groups in total. The van der Waals surface area contributed by atoms with E-state index in [4.69, 9.17) is 24.4 Å². The third kappa shape index (κ3) is 9.79. The Kier molecular flexibility index (Phi) is 12.2. The number of nitriles is 1. The van der Waals surface area contributed by atoms with E-state index in [1.165, 1.54) is 50.6 Å². The number of benzene rings is 2. The van der Waals surface area contributed by atoms with Gasteiger partial charge in [-0.15, -0.1) is 10.2 Å². The van der Waals surface area contributed by atoms with Gasteiger partial charge in [-0.1, -0.05) is 27.7 Å². The number of halogens is 2. The number of nitrogens with zero attached hydrogens (tertiary/aromatic N) is 10. The van der Waals surface area contributed by atoms with Crippen LogP contribution in [-0.2, 0) is 22.8 Å². The van der Waals surface area contributed by atoms with Crippen molar-refractivity contribution in [2.24, 2.45) is 10.3 Å². The number of aryl methyl sites for hydroxylation is 2. The van der Waals surface area contributed by atoms with E-state index in [0.29, 0.717) is 64.3 Å². The van der Waals surface area contributed by atoms with E-state index < -0.39 is 35.7 Å². The van der Waals surface area contributed by atoms with E-state index in [2.05, 4.69) is 61.5 Å². The Hall–Kier alpha value is -7.50. The number of aromatic nitrogens is 8. The number of nitrogens with one attached hydrogen (secondary N) is 3. The first-order valence-electron chi connectivity index (χ1n) is 17.0. The smallest absolute Gasteiger partial charge is 0.270 e. The fraction of sp³-hybridized carbons (Fsp3) is 0.278. The predicted molar refractivity (Wildman–Crippen MR) is 193 cm³/mol. The molecule has 2 aliphatic heterocycles. The molecule has 0 aliphatic carbocycles. The molecular formula is C36H33F2N13O6. The Balaban J connectivity index is 0.000000194. The first-order chi connectivity index (χ1) is 27.5. The van der Waals surface area contributed by atoms with Crippen molar-refractivity contribution in [1.82, 2.24) is 51.2 Å². The molecule has 21 heteroatoms. The molecule has 2 atom stereocenters. The number of rotatable bonds is 11. The summed E-state index contributed by atoms with van der Waals surface area (Å²) in [5.41, 5.74) is 3.65. The zero-order valence-electron chi connectivity index (χ0n) is 30.8.